The molecule has 0 aliphatic carbocycles. The van der Waals surface area contributed by atoms with E-state index < -0.39 is 28.8 Å². The molecule has 2 aromatic heterocycles. The minimum absolute atomic E-state index is 0.0286. The van der Waals surface area contributed by atoms with Gasteiger partial charge < -0.3 is 20.5 Å². The van der Waals surface area contributed by atoms with E-state index in [1.54, 1.807) is 13.8 Å². The molecule has 1 aromatic carbocycles. The molecule has 3 rings (SSSR count). The molecule has 0 aliphatic heterocycles. The Bertz CT molecular complexity index is 1290. The van der Waals surface area contributed by atoms with E-state index in [1.807, 2.05) is 0 Å². The van der Waals surface area contributed by atoms with Crippen molar-refractivity contribution < 1.29 is 28.8 Å². The fraction of sp³-hybridized carbons (Fsp3) is 0.286. The number of nitrogens with one attached hydrogen (secondary N) is 1. The summed E-state index contributed by atoms with van der Waals surface area (Å²) < 4.78 is 10.2. The van der Waals surface area contributed by atoms with E-state index in [9.17, 15) is 24.5 Å². The van der Waals surface area contributed by atoms with Crippen LogP contribution in [0.1, 0.15) is 45.3 Å². The van der Waals surface area contributed by atoms with Crippen molar-refractivity contribution in [1.82, 2.24) is 15.3 Å². The highest BCUT2D eigenvalue weighted by Crippen LogP contribution is 2.33. The molecule has 0 fully saturated rings. The van der Waals surface area contributed by atoms with E-state index in [-0.39, 0.29) is 36.1 Å². The summed E-state index contributed by atoms with van der Waals surface area (Å²) in [7, 11) is 0. The molecular weight excluding hydrogens is 466 g/mol. The van der Waals surface area contributed by atoms with Gasteiger partial charge in [-0.25, -0.2) is 19.6 Å². The van der Waals surface area contributed by atoms with Gasteiger partial charge in [0.25, 0.3) is 11.6 Å². The Hall–Kier alpha value is -4.13. The summed E-state index contributed by atoms with van der Waals surface area (Å²) in [6.07, 6.45) is 0. The topological polar surface area (TPSA) is 177 Å². The summed E-state index contributed by atoms with van der Waals surface area (Å²) in [4.78, 5) is 56.3. The molecule has 0 saturated heterocycles. The number of benzene rings is 1. The van der Waals surface area contributed by atoms with Crippen molar-refractivity contribution in [2.75, 3.05) is 12.3 Å². The predicted molar refractivity (Wildman–Crippen MR) is 122 cm³/mol. The van der Waals surface area contributed by atoms with Gasteiger partial charge in [-0.2, -0.15) is 0 Å². The highest BCUT2D eigenvalue weighted by Gasteiger charge is 2.22. The number of carbonyl (C=O) groups excluding carboxylic acids is 3. The number of ether oxygens (including phenoxy) is 2. The van der Waals surface area contributed by atoms with Crippen LogP contribution >= 0.6 is 11.3 Å². The molecule has 0 unspecified atom stereocenters. The number of nitro groups is 1. The van der Waals surface area contributed by atoms with Gasteiger partial charge in [-0.05, 0) is 32.4 Å². The number of amides is 1. The Morgan fingerprint density at radius 1 is 1.26 bits per heavy atom. The number of hydrogen-bond donors (Lipinski definition) is 2. The lowest BCUT2D eigenvalue weighted by atomic mass is 10.2. The van der Waals surface area contributed by atoms with E-state index in [0.717, 1.165) is 17.4 Å². The lowest BCUT2D eigenvalue weighted by molar-refractivity contribution is -0.384. The number of nitrogen functional groups attached to an aromatic ring is 1. The number of aryl methyl sites for hydroxylation is 1. The van der Waals surface area contributed by atoms with Crippen LogP contribution in [0.2, 0.25) is 0 Å². The molecule has 0 spiro atoms. The molecule has 34 heavy (non-hydrogen) atoms. The molecule has 12 nitrogen and oxygen atoms in total. The fourth-order valence-electron chi connectivity index (χ4n) is 3.03. The SMILES string of the molecule is CCOC(=O)c1sc2nc(COC(=O)[C@H](C)NC(=O)c3cccc([N+](=O)[O-])c3)nc(N)c2c1C. The molecule has 13 heteroatoms. The number of non-ortho nitro benzene ring substituents is 1. The van der Waals surface area contributed by atoms with Crippen LogP contribution in [0, 0.1) is 17.0 Å². The molecular formula is C21H21N5O7S. The number of hydrogen-bond acceptors (Lipinski definition) is 11. The summed E-state index contributed by atoms with van der Waals surface area (Å²) in [5.41, 5.74) is 6.42. The molecule has 0 saturated carbocycles. The summed E-state index contributed by atoms with van der Waals surface area (Å²) >= 11 is 1.10. The molecule has 3 N–H and O–H groups in total. The van der Waals surface area contributed by atoms with E-state index in [2.05, 4.69) is 15.3 Å². The van der Waals surface area contributed by atoms with Crippen molar-refractivity contribution in [3.63, 3.8) is 0 Å². The minimum Gasteiger partial charge on any atom is -0.462 e. The summed E-state index contributed by atoms with van der Waals surface area (Å²) in [6, 6.07) is 4.06. The quantitative estimate of drug-likeness (QED) is 0.273. The van der Waals surface area contributed by atoms with Crippen LogP contribution in [0.4, 0.5) is 11.5 Å². The van der Waals surface area contributed by atoms with Gasteiger partial charge in [0.05, 0.1) is 16.9 Å². The van der Waals surface area contributed by atoms with Crippen molar-refractivity contribution in [3.8, 4) is 0 Å². The highest BCUT2D eigenvalue weighted by atomic mass is 32.1. The molecule has 1 amide bonds. The van der Waals surface area contributed by atoms with Crippen molar-refractivity contribution in [3.05, 3.63) is 56.2 Å². The maximum absolute atomic E-state index is 12.3. The van der Waals surface area contributed by atoms with Crippen molar-refractivity contribution in [2.24, 2.45) is 0 Å². The molecule has 0 aliphatic rings. The number of rotatable bonds is 8. The lowest BCUT2D eigenvalue weighted by Gasteiger charge is -2.13. The fourth-order valence-corrected chi connectivity index (χ4v) is 4.13. The third kappa shape index (κ3) is 5.26. The zero-order valence-electron chi connectivity index (χ0n) is 18.5. The number of fused-ring (bicyclic) bond motifs is 1. The molecule has 0 radical (unpaired) electrons. The monoisotopic (exact) mass is 487 g/mol. The third-order valence-corrected chi connectivity index (χ3v) is 5.85. The first kappa shape index (κ1) is 24.5. The van der Waals surface area contributed by atoms with Crippen LogP contribution in [0.15, 0.2) is 24.3 Å². The highest BCUT2D eigenvalue weighted by molar-refractivity contribution is 7.20. The average molecular weight is 487 g/mol. The summed E-state index contributed by atoms with van der Waals surface area (Å²) in [6.45, 7) is 4.74. The van der Waals surface area contributed by atoms with Crippen molar-refractivity contribution >= 4 is 50.9 Å². The van der Waals surface area contributed by atoms with Crippen LogP contribution in [0.5, 0.6) is 0 Å². The van der Waals surface area contributed by atoms with Gasteiger partial charge in [0.15, 0.2) is 12.4 Å². The van der Waals surface area contributed by atoms with Gasteiger partial charge in [-0.3, -0.25) is 14.9 Å². The second kappa shape index (κ2) is 10.2. The van der Waals surface area contributed by atoms with Crippen molar-refractivity contribution in [2.45, 2.75) is 33.4 Å². The Kier molecular flexibility index (Phi) is 7.36. The van der Waals surface area contributed by atoms with E-state index >= 15 is 0 Å². The summed E-state index contributed by atoms with van der Waals surface area (Å²) in [5, 5.41) is 13.8. The standard InChI is InChI=1S/C21H21N5O7S/c1-4-32-21(29)16-10(2)15-17(22)24-14(25-19(15)34-16)9-33-20(28)11(3)23-18(27)12-6-5-7-13(8-12)26(30)31/h5-8,11H,4,9H2,1-3H3,(H,23,27)(H2,22,24,25)/t11-/m0/s1. The van der Waals surface area contributed by atoms with Crippen LogP contribution in [0.25, 0.3) is 10.2 Å². The smallest absolute Gasteiger partial charge is 0.348 e. The second-order valence-electron chi connectivity index (χ2n) is 7.09. The maximum atomic E-state index is 12.3. The molecule has 0 bridgehead atoms. The number of thiophene rings is 1. The predicted octanol–water partition coefficient (Wildman–Crippen LogP) is 2.53. The largest absolute Gasteiger partial charge is 0.462 e. The number of nitrogens with zero attached hydrogens (tertiary/aromatic N) is 3. The van der Waals surface area contributed by atoms with Gasteiger partial charge in [-0.1, -0.05) is 6.07 Å². The molecule has 178 valence electrons. The van der Waals surface area contributed by atoms with Gasteiger partial charge in [-0.15, -0.1) is 11.3 Å². The maximum Gasteiger partial charge on any atom is 0.348 e. The zero-order valence-corrected chi connectivity index (χ0v) is 19.3. The number of carbonyl (C=O) groups is 3. The van der Waals surface area contributed by atoms with E-state index in [0.29, 0.717) is 20.7 Å². The van der Waals surface area contributed by atoms with E-state index in [1.165, 1.54) is 25.1 Å². The Balaban J connectivity index is 1.67. The van der Waals surface area contributed by atoms with Gasteiger partial charge in [0.2, 0.25) is 0 Å². The minimum atomic E-state index is -1.05. The van der Waals surface area contributed by atoms with Crippen LogP contribution in [0.3, 0.4) is 0 Å². The first-order chi connectivity index (χ1) is 16.1. The molecule has 3 aromatic rings. The Morgan fingerprint density at radius 2 is 2.00 bits per heavy atom. The normalized spacial score (nSPS) is 11.6. The first-order valence-electron chi connectivity index (χ1n) is 10.1. The van der Waals surface area contributed by atoms with Gasteiger partial charge in [0, 0.05) is 17.7 Å². The molecule has 2 heterocycles. The van der Waals surface area contributed by atoms with Gasteiger partial charge >= 0.3 is 11.9 Å². The number of anilines is 1. The van der Waals surface area contributed by atoms with Gasteiger partial charge in [0.1, 0.15) is 21.6 Å². The average Bonchev–Trinajstić information content (AvgIpc) is 3.14. The Morgan fingerprint density at radius 3 is 2.68 bits per heavy atom. The van der Waals surface area contributed by atoms with Crippen LogP contribution in [-0.2, 0) is 20.9 Å². The van der Waals surface area contributed by atoms with E-state index in [4.69, 9.17) is 15.2 Å². The summed E-state index contributed by atoms with van der Waals surface area (Å²) in [5.74, 6) is -1.67. The Labute approximate surface area is 197 Å². The number of aromatic nitrogens is 2. The van der Waals surface area contributed by atoms with Crippen molar-refractivity contribution in [1.29, 1.82) is 0 Å². The second-order valence-corrected chi connectivity index (χ2v) is 8.09. The van der Waals surface area contributed by atoms with Crippen LogP contribution < -0.4 is 11.1 Å². The number of esters is 2. The lowest BCUT2D eigenvalue weighted by Crippen LogP contribution is -2.39. The zero-order chi connectivity index (χ0) is 25.0. The number of nitro benzene ring substituents is 1. The first-order valence-corrected chi connectivity index (χ1v) is 10.9. The third-order valence-electron chi connectivity index (χ3n) is 4.69. The molecule has 1 atom stereocenters. The number of nitrogens with two attached hydrogens (primary N) is 1. The van der Waals surface area contributed by atoms with Crippen LogP contribution in [-0.4, -0.2) is 45.4 Å².